The minimum absolute atomic E-state index is 0.738. The molecular weight excluding hydrogens is 232 g/mol. The summed E-state index contributed by atoms with van der Waals surface area (Å²) in [4.78, 5) is 3.92. The lowest BCUT2D eigenvalue weighted by molar-refractivity contribution is 0.215. The van der Waals surface area contributed by atoms with E-state index in [2.05, 4.69) is 27.6 Å². The fourth-order valence-corrected chi connectivity index (χ4v) is 2.78. The number of rotatable bonds is 5. The van der Waals surface area contributed by atoms with Crippen LogP contribution in [-0.2, 0) is 13.1 Å². The van der Waals surface area contributed by atoms with Gasteiger partial charge in [0.25, 0.3) is 0 Å². The van der Waals surface area contributed by atoms with Gasteiger partial charge in [-0.25, -0.2) is 0 Å². The molecule has 17 heavy (non-hydrogen) atoms. The van der Waals surface area contributed by atoms with Gasteiger partial charge in [-0.15, -0.1) is 11.3 Å². The third kappa shape index (κ3) is 2.76. The lowest BCUT2D eigenvalue weighted by Crippen LogP contribution is -2.24. The van der Waals surface area contributed by atoms with Crippen LogP contribution in [0.2, 0.25) is 0 Å². The number of hydrogen-bond acceptors (Lipinski definition) is 4. The van der Waals surface area contributed by atoms with Crippen molar-refractivity contribution >= 4 is 11.3 Å². The monoisotopic (exact) mass is 248 g/mol. The first-order valence-corrected chi connectivity index (χ1v) is 6.88. The van der Waals surface area contributed by atoms with Crippen molar-refractivity contribution < 1.29 is 4.52 Å². The van der Waals surface area contributed by atoms with Crippen LogP contribution in [0.15, 0.2) is 28.1 Å². The fraction of sp³-hybridized carbons (Fsp3) is 0.462. The van der Waals surface area contributed by atoms with Gasteiger partial charge in [-0.05, 0) is 31.2 Å². The Labute approximate surface area is 105 Å². The van der Waals surface area contributed by atoms with Crippen LogP contribution in [0.5, 0.6) is 0 Å². The topological polar surface area (TPSA) is 29.3 Å². The summed E-state index contributed by atoms with van der Waals surface area (Å²) in [6.45, 7) is 3.87. The van der Waals surface area contributed by atoms with Gasteiger partial charge in [0.1, 0.15) is 0 Å². The Kier molecular flexibility index (Phi) is 2.99. The van der Waals surface area contributed by atoms with Gasteiger partial charge in [-0.3, -0.25) is 4.90 Å². The molecule has 2 heterocycles. The minimum atomic E-state index is 0.738. The number of hydrogen-bond donors (Lipinski definition) is 0. The van der Waals surface area contributed by atoms with Crippen LogP contribution < -0.4 is 0 Å². The highest BCUT2D eigenvalue weighted by Gasteiger charge is 2.29. The minimum Gasteiger partial charge on any atom is -0.360 e. The van der Waals surface area contributed by atoms with E-state index in [4.69, 9.17) is 4.52 Å². The predicted octanol–water partition coefficient (Wildman–Crippen LogP) is 3.21. The molecule has 0 N–H and O–H groups in total. The van der Waals surface area contributed by atoms with Crippen LogP contribution in [0.3, 0.4) is 0 Å². The number of aromatic nitrogens is 1. The first-order chi connectivity index (χ1) is 8.31. The maximum atomic E-state index is 5.30. The molecule has 0 atom stereocenters. The lowest BCUT2D eigenvalue weighted by Gasteiger charge is -2.19. The highest BCUT2D eigenvalue weighted by Crippen LogP contribution is 2.30. The molecule has 1 aliphatic carbocycles. The molecule has 3 nitrogen and oxygen atoms in total. The first kappa shape index (κ1) is 11.0. The second-order valence-corrected chi connectivity index (χ2v) is 5.68. The summed E-state index contributed by atoms with van der Waals surface area (Å²) in [6.07, 6.45) is 2.64. The molecule has 0 radical (unpaired) electrons. The maximum absolute atomic E-state index is 5.30. The average molecular weight is 248 g/mol. The first-order valence-electron chi connectivity index (χ1n) is 6.00. The normalized spacial score (nSPS) is 15.6. The van der Waals surface area contributed by atoms with Gasteiger partial charge in [0.15, 0.2) is 5.76 Å². The molecule has 2 aromatic rings. The predicted molar refractivity (Wildman–Crippen MR) is 67.8 cm³/mol. The summed E-state index contributed by atoms with van der Waals surface area (Å²) in [7, 11) is 0. The van der Waals surface area contributed by atoms with Crippen molar-refractivity contribution in [1.29, 1.82) is 0 Å². The van der Waals surface area contributed by atoms with Gasteiger partial charge in [0.2, 0.25) is 0 Å². The Bertz CT molecular complexity index is 473. The molecule has 0 aromatic carbocycles. The second-order valence-electron chi connectivity index (χ2n) is 4.65. The Morgan fingerprint density at radius 1 is 1.47 bits per heavy atom. The van der Waals surface area contributed by atoms with Gasteiger partial charge < -0.3 is 4.52 Å². The van der Waals surface area contributed by atoms with Gasteiger partial charge in [0.05, 0.1) is 12.2 Å². The molecule has 0 saturated heterocycles. The van der Waals surface area contributed by atoms with Gasteiger partial charge in [-0.1, -0.05) is 11.2 Å². The average Bonchev–Trinajstić information content (AvgIpc) is 2.89. The van der Waals surface area contributed by atoms with E-state index in [1.807, 2.05) is 24.3 Å². The second kappa shape index (κ2) is 4.63. The van der Waals surface area contributed by atoms with Crippen LogP contribution >= 0.6 is 11.3 Å². The van der Waals surface area contributed by atoms with E-state index in [1.165, 1.54) is 17.7 Å². The van der Waals surface area contributed by atoms with Crippen molar-refractivity contribution in [1.82, 2.24) is 10.1 Å². The summed E-state index contributed by atoms with van der Waals surface area (Å²) in [5.74, 6) is 0.978. The van der Waals surface area contributed by atoms with E-state index < -0.39 is 0 Å². The van der Waals surface area contributed by atoms with Gasteiger partial charge >= 0.3 is 0 Å². The summed E-state index contributed by atoms with van der Waals surface area (Å²) < 4.78 is 5.30. The van der Waals surface area contributed by atoms with E-state index in [1.54, 1.807) is 0 Å². The zero-order valence-corrected chi connectivity index (χ0v) is 10.7. The Balaban J connectivity index is 1.68. The van der Waals surface area contributed by atoms with Crippen molar-refractivity contribution in [2.45, 2.75) is 38.9 Å². The standard InChI is InChI=1S/C13H16N2OS/c1-10-7-12(16-14-10)8-15(11-4-5-11)9-13-3-2-6-17-13/h2-3,6-7,11H,4-5,8-9H2,1H3. The van der Waals surface area contributed by atoms with Crippen LogP contribution in [-0.4, -0.2) is 16.1 Å². The fourth-order valence-electron chi connectivity index (χ4n) is 2.05. The molecule has 0 spiro atoms. The summed E-state index contributed by atoms with van der Waals surface area (Å²) >= 11 is 1.82. The van der Waals surface area contributed by atoms with E-state index in [-0.39, 0.29) is 0 Å². The van der Waals surface area contributed by atoms with Crippen LogP contribution in [0.4, 0.5) is 0 Å². The summed E-state index contributed by atoms with van der Waals surface area (Å²) in [5, 5.41) is 6.09. The molecule has 0 amide bonds. The van der Waals surface area contributed by atoms with E-state index in [0.717, 1.165) is 30.6 Å². The van der Waals surface area contributed by atoms with Gasteiger partial charge in [-0.2, -0.15) is 0 Å². The van der Waals surface area contributed by atoms with Crippen LogP contribution in [0, 0.1) is 6.92 Å². The third-order valence-corrected chi connectivity index (χ3v) is 3.90. The Morgan fingerprint density at radius 3 is 2.94 bits per heavy atom. The van der Waals surface area contributed by atoms with Crippen molar-refractivity contribution in [3.8, 4) is 0 Å². The quantitative estimate of drug-likeness (QED) is 0.813. The lowest BCUT2D eigenvalue weighted by atomic mass is 10.3. The SMILES string of the molecule is Cc1cc(CN(Cc2cccs2)C2CC2)on1. The molecule has 0 aliphatic heterocycles. The largest absolute Gasteiger partial charge is 0.360 e. The molecule has 1 fully saturated rings. The summed E-state index contributed by atoms with van der Waals surface area (Å²) in [5.41, 5.74) is 0.965. The van der Waals surface area contributed by atoms with E-state index in [0.29, 0.717) is 0 Å². The molecular formula is C13H16N2OS. The third-order valence-electron chi connectivity index (χ3n) is 3.04. The molecule has 2 aromatic heterocycles. The van der Waals surface area contributed by atoms with E-state index in [9.17, 15) is 0 Å². The molecule has 4 heteroatoms. The molecule has 3 rings (SSSR count). The molecule has 1 saturated carbocycles. The summed E-state index contributed by atoms with van der Waals surface area (Å²) in [6, 6.07) is 7.08. The Hall–Kier alpha value is -1.13. The van der Waals surface area contributed by atoms with Crippen molar-refractivity contribution in [2.24, 2.45) is 0 Å². The van der Waals surface area contributed by atoms with Crippen LogP contribution in [0.1, 0.15) is 29.2 Å². The van der Waals surface area contributed by atoms with E-state index >= 15 is 0 Å². The highest BCUT2D eigenvalue weighted by atomic mass is 32.1. The zero-order chi connectivity index (χ0) is 11.7. The van der Waals surface area contributed by atoms with Crippen molar-refractivity contribution in [3.63, 3.8) is 0 Å². The van der Waals surface area contributed by atoms with Gasteiger partial charge in [0, 0.05) is 23.5 Å². The highest BCUT2D eigenvalue weighted by molar-refractivity contribution is 7.09. The number of thiophene rings is 1. The Morgan fingerprint density at radius 2 is 2.35 bits per heavy atom. The maximum Gasteiger partial charge on any atom is 0.150 e. The molecule has 0 unspecified atom stereocenters. The number of aryl methyl sites for hydroxylation is 1. The van der Waals surface area contributed by atoms with Crippen LogP contribution in [0.25, 0.3) is 0 Å². The van der Waals surface area contributed by atoms with Crippen molar-refractivity contribution in [3.05, 3.63) is 39.9 Å². The molecule has 1 aliphatic rings. The smallest absolute Gasteiger partial charge is 0.150 e. The molecule has 0 bridgehead atoms. The van der Waals surface area contributed by atoms with Crippen molar-refractivity contribution in [2.75, 3.05) is 0 Å². The number of nitrogens with zero attached hydrogens (tertiary/aromatic N) is 2. The molecule has 90 valence electrons. The zero-order valence-electron chi connectivity index (χ0n) is 9.93.